The number of nitrogens with zero attached hydrogens (tertiary/aromatic N) is 2. The van der Waals surface area contributed by atoms with Crippen molar-refractivity contribution in [2.75, 3.05) is 9.80 Å². The largest absolute Gasteiger partial charge is 0.458 e. The average molecular weight is 669 g/mol. The summed E-state index contributed by atoms with van der Waals surface area (Å²) in [5.41, 5.74) is 15.6. The molecule has 0 saturated heterocycles. The fraction of sp³-hybridized carbons (Fsp3) is 0.0833. The van der Waals surface area contributed by atoms with E-state index in [1.54, 1.807) is 0 Å². The molecule has 3 nitrogen and oxygen atoms in total. The number of anilines is 6. The Morgan fingerprint density at radius 2 is 1.04 bits per heavy atom. The lowest BCUT2D eigenvalue weighted by atomic mass is 9.33. The van der Waals surface area contributed by atoms with E-state index in [0.717, 1.165) is 39.9 Å². The van der Waals surface area contributed by atoms with E-state index in [2.05, 4.69) is 189 Å². The van der Waals surface area contributed by atoms with Gasteiger partial charge >= 0.3 is 0 Å². The second-order valence-corrected chi connectivity index (χ2v) is 14.3. The Kier molecular flexibility index (Phi) is 6.84. The van der Waals surface area contributed by atoms with E-state index in [9.17, 15) is 0 Å². The zero-order chi connectivity index (χ0) is 35.1. The predicted molar refractivity (Wildman–Crippen MR) is 221 cm³/mol. The van der Waals surface area contributed by atoms with Gasteiger partial charge in [0.15, 0.2) is 0 Å². The molecule has 0 unspecified atom stereocenters. The van der Waals surface area contributed by atoms with E-state index in [4.69, 9.17) is 4.74 Å². The van der Waals surface area contributed by atoms with Crippen molar-refractivity contribution in [1.29, 1.82) is 0 Å². The van der Waals surface area contributed by atoms with Crippen molar-refractivity contribution >= 4 is 78.8 Å². The van der Waals surface area contributed by atoms with E-state index < -0.39 is 0 Å². The van der Waals surface area contributed by atoms with Crippen LogP contribution in [0.2, 0.25) is 0 Å². The second-order valence-electron chi connectivity index (χ2n) is 14.3. The molecule has 8 aromatic rings. The van der Waals surface area contributed by atoms with E-state index in [1.165, 1.54) is 65.9 Å². The Hall–Kier alpha value is -6.26. The molecule has 4 heteroatoms. The Morgan fingerprint density at radius 1 is 0.462 bits per heavy atom. The number of aryl methyl sites for hydroxylation is 4. The molecule has 0 aliphatic carbocycles. The number of fused-ring (bicyclic) bond motifs is 9. The highest BCUT2D eigenvalue weighted by atomic mass is 16.5. The van der Waals surface area contributed by atoms with Crippen molar-refractivity contribution in [3.8, 4) is 11.5 Å². The third kappa shape index (κ3) is 4.54. The predicted octanol–water partition coefficient (Wildman–Crippen LogP) is 11.1. The summed E-state index contributed by atoms with van der Waals surface area (Å²) in [6, 6.07) is 55.5. The third-order valence-corrected chi connectivity index (χ3v) is 11.3. The molecule has 248 valence electrons. The monoisotopic (exact) mass is 668 g/mol. The minimum absolute atomic E-state index is 0.0230. The van der Waals surface area contributed by atoms with E-state index in [-0.39, 0.29) is 6.71 Å². The molecule has 0 radical (unpaired) electrons. The summed E-state index contributed by atoms with van der Waals surface area (Å²) in [6.07, 6.45) is 0. The van der Waals surface area contributed by atoms with Gasteiger partial charge in [-0.05, 0) is 137 Å². The smallest absolute Gasteiger partial charge is 0.257 e. The maximum absolute atomic E-state index is 7.02. The van der Waals surface area contributed by atoms with Crippen LogP contribution in [0.25, 0.3) is 21.5 Å². The van der Waals surface area contributed by atoms with Crippen LogP contribution in [-0.2, 0) is 0 Å². The van der Waals surface area contributed by atoms with Crippen LogP contribution >= 0.6 is 0 Å². The number of para-hydroxylation sites is 1. The minimum Gasteiger partial charge on any atom is -0.458 e. The van der Waals surface area contributed by atoms with Gasteiger partial charge in [-0.1, -0.05) is 91.0 Å². The third-order valence-electron chi connectivity index (χ3n) is 11.3. The standard InChI is InChI=1S/C48H37BN2O/c1-30-21-23-35(27-32(30)3)50(36-24-22-31(2)33(4)28-36)37-25-26-42-45(29-37)52-44-20-12-19-43-47(44)49(42)46-40-17-10-8-15-38(40)39-16-9-11-18-41(39)48(46)51(43)34-13-6-5-7-14-34/h5-29H,1-4H3. The molecule has 2 heterocycles. The quantitative estimate of drug-likeness (QED) is 0.137. The van der Waals surface area contributed by atoms with Crippen LogP contribution in [0.3, 0.4) is 0 Å². The van der Waals surface area contributed by atoms with E-state index in [0.29, 0.717) is 0 Å². The van der Waals surface area contributed by atoms with E-state index >= 15 is 0 Å². The SMILES string of the molecule is Cc1ccc(N(c2ccc(C)c(C)c2)c2ccc3c(c2)Oc2cccc4c2B3c2c(c3ccccc3c3ccccc23)N4c2ccccc2)cc1C. The molecule has 0 amide bonds. The molecule has 52 heavy (non-hydrogen) atoms. The van der Waals surface area contributed by atoms with Gasteiger partial charge < -0.3 is 14.5 Å². The lowest BCUT2D eigenvalue weighted by molar-refractivity contribution is 0.487. The summed E-state index contributed by atoms with van der Waals surface area (Å²) in [4.78, 5) is 4.83. The molecule has 8 aromatic carbocycles. The van der Waals surface area contributed by atoms with Crippen LogP contribution in [0.1, 0.15) is 22.3 Å². The van der Waals surface area contributed by atoms with Crippen molar-refractivity contribution < 1.29 is 4.74 Å². The summed E-state index contributed by atoms with van der Waals surface area (Å²) >= 11 is 0. The first kappa shape index (κ1) is 30.6. The fourth-order valence-electron chi connectivity index (χ4n) is 8.49. The molecule has 2 aliphatic rings. The van der Waals surface area contributed by atoms with Crippen LogP contribution < -0.4 is 30.9 Å². The van der Waals surface area contributed by atoms with Gasteiger partial charge in [-0.3, -0.25) is 0 Å². The maximum atomic E-state index is 7.02. The average Bonchev–Trinajstić information content (AvgIpc) is 3.18. The zero-order valence-electron chi connectivity index (χ0n) is 29.8. The Morgan fingerprint density at radius 3 is 1.71 bits per heavy atom. The highest BCUT2D eigenvalue weighted by Gasteiger charge is 2.43. The van der Waals surface area contributed by atoms with Crippen molar-refractivity contribution in [2.24, 2.45) is 0 Å². The van der Waals surface area contributed by atoms with Gasteiger partial charge in [-0.25, -0.2) is 0 Å². The van der Waals surface area contributed by atoms with Crippen molar-refractivity contribution in [3.63, 3.8) is 0 Å². The number of hydrogen-bond donors (Lipinski definition) is 0. The fourth-order valence-corrected chi connectivity index (χ4v) is 8.49. The highest BCUT2D eigenvalue weighted by molar-refractivity contribution is 7.01. The van der Waals surface area contributed by atoms with Gasteiger partial charge in [0.05, 0.1) is 0 Å². The summed E-state index contributed by atoms with van der Waals surface area (Å²) in [7, 11) is 0. The first-order valence-electron chi connectivity index (χ1n) is 18.1. The molecule has 0 atom stereocenters. The summed E-state index contributed by atoms with van der Waals surface area (Å²) in [5, 5.41) is 5.05. The molecule has 0 saturated carbocycles. The van der Waals surface area contributed by atoms with Crippen molar-refractivity contribution in [3.05, 3.63) is 174 Å². The number of ether oxygens (including phenoxy) is 1. The van der Waals surface area contributed by atoms with Crippen LogP contribution in [0.5, 0.6) is 11.5 Å². The number of benzene rings is 8. The summed E-state index contributed by atoms with van der Waals surface area (Å²) in [6.45, 7) is 8.70. The zero-order valence-corrected chi connectivity index (χ0v) is 29.8. The van der Waals surface area contributed by atoms with Crippen LogP contribution in [0.15, 0.2) is 152 Å². The maximum Gasteiger partial charge on any atom is 0.257 e. The number of hydrogen-bond acceptors (Lipinski definition) is 3. The van der Waals surface area contributed by atoms with Crippen molar-refractivity contribution in [1.82, 2.24) is 0 Å². The Bertz CT molecular complexity index is 2680. The molecular formula is C48H37BN2O. The molecule has 10 rings (SSSR count). The van der Waals surface area contributed by atoms with Gasteiger partial charge in [-0.15, -0.1) is 0 Å². The van der Waals surface area contributed by atoms with Gasteiger partial charge in [-0.2, -0.15) is 0 Å². The Balaban J connectivity index is 1.25. The molecule has 0 N–H and O–H groups in total. The van der Waals surface area contributed by atoms with Gasteiger partial charge in [0.25, 0.3) is 6.71 Å². The minimum atomic E-state index is -0.0230. The number of rotatable bonds is 4. The van der Waals surface area contributed by atoms with Crippen molar-refractivity contribution in [2.45, 2.75) is 27.7 Å². The molecule has 0 fully saturated rings. The van der Waals surface area contributed by atoms with Crippen LogP contribution in [-0.4, -0.2) is 6.71 Å². The van der Waals surface area contributed by atoms with Gasteiger partial charge in [0.2, 0.25) is 0 Å². The molecule has 2 aliphatic heterocycles. The lowest BCUT2D eigenvalue weighted by Gasteiger charge is -2.41. The lowest BCUT2D eigenvalue weighted by Crippen LogP contribution is -2.59. The highest BCUT2D eigenvalue weighted by Crippen LogP contribution is 2.46. The molecule has 0 aromatic heterocycles. The van der Waals surface area contributed by atoms with Crippen LogP contribution in [0, 0.1) is 27.7 Å². The molecular weight excluding hydrogens is 631 g/mol. The first-order valence-corrected chi connectivity index (χ1v) is 18.1. The summed E-state index contributed by atoms with van der Waals surface area (Å²) in [5.74, 6) is 1.79. The normalized spacial score (nSPS) is 12.7. The molecule has 0 spiro atoms. The summed E-state index contributed by atoms with van der Waals surface area (Å²) < 4.78 is 7.02. The van der Waals surface area contributed by atoms with Gasteiger partial charge in [0, 0.05) is 45.6 Å². The van der Waals surface area contributed by atoms with Crippen LogP contribution in [0.4, 0.5) is 34.1 Å². The topological polar surface area (TPSA) is 15.7 Å². The second kappa shape index (κ2) is 11.6. The van der Waals surface area contributed by atoms with E-state index in [1.807, 2.05) is 0 Å². The Labute approximate surface area is 305 Å². The molecule has 0 bridgehead atoms. The van der Waals surface area contributed by atoms with Gasteiger partial charge in [0.1, 0.15) is 11.5 Å². The first-order chi connectivity index (χ1) is 25.5.